The Kier molecular flexibility index (Phi) is 9.59. The van der Waals surface area contributed by atoms with Gasteiger partial charge in [0, 0.05) is 74.7 Å². The number of fused-ring (bicyclic) bond motifs is 2. The van der Waals surface area contributed by atoms with E-state index in [-0.39, 0.29) is 10.8 Å². The van der Waals surface area contributed by atoms with Gasteiger partial charge < -0.3 is 4.74 Å². The van der Waals surface area contributed by atoms with E-state index in [2.05, 4.69) is 140 Å². The second kappa shape index (κ2) is 14.8. The highest BCUT2D eigenvalue weighted by molar-refractivity contribution is 5.88. The van der Waals surface area contributed by atoms with E-state index in [4.69, 9.17) is 24.7 Å². The van der Waals surface area contributed by atoms with Crippen LogP contribution in [0, 0.1) is 0 Å². The summed E-state index contributed by atoms with van der Waals surface area (Å²) >= 11 is 0. The number of nitrogens with zero attached hydrogens (tertiary/aromatic N) is 4. The van der Waals surface area contributed by atoms with E-state index in [1.54, 1.807) is 0 Å². The van der Waals surface area contributed by atoms with E-state index in [9.17, 15) is 0 Å². The topological polar surface area (TPSA) is 60.8 Å². The molecule has 0 saturated carbocycles. The average Bonchev–Trinajstić information content (AvgIpc) is 3.26. The van der Waals surface area contributed by atoms with Gasteiger partial charge in [0.05, 0.1) is 22.8 Å². The number of ether oxygens (including phenoxy) is 1. The standard InChI is InChI=1S/C55H50N4O/c1-53(2,3)41-31-43(35-25-37(47-17-9-13-21-56-47)29-38(26-35)48-18-10-14-22-57-48)51-45(33-41)55(7,8)46-34-42(54(4,5)6)32-44(52(46)60-51)36-27-39(49-19-11-15-23-58-49)30-40(28-36)50-20-12-16-24-59-50/h9-34H,1-8H3. The van der Waals surface area contributed by atoms with Gasteiger partial charge in [-0.2, -0.15) is 0 Å². The Balaban J connectivity index is 1.33. The van der Waals surface area contributed by atoms with Crippen LogP contribution in [-0.4, -0.2) is 19.9 Å². The molecule has 60 heavy (non-hydrogen) atoms. The van der Waals surface area contributed by atoms with Gasteiger partial charge in [0.2, 0.25) is 0 Å². The van der Waals surface area contributed by atoms with Crippen LogP contribution in [0.4, 0.5) is 0 Å². The normalized spacial score (nSPS) is 13.3. The van der Waals surface area contributed by atoms with Crippen LogP contribution in [0.5, 0.6) is 11.5 Å². The Labute approximate surface area is 354 Å². The van der Waals surface area contributed by atoms with Gasteiger partial charge in [-0.05, 0) is 130 Å². The lowest BCUT2D eigenvalue weighted by molar-refractivity contribution is 0.418. The molecule has 0 atom stereocenters. The summed E-state index contributed by atoms with van der Waals surface area (Å²) in [4.78, 5) is 19.1. The molecule has 1 aliphatic rings. The molecule has 4 aromatic heterocycles. The highest BCUT2D eigenvalue weighted by Crippen LogP contribution is 2.56. The first-order valence-corrected chi connectivity index (χ1v) is 20.8. The molecule has 5 nitrogen and oxygen atoms in total. The van der Waals surface area contributed by atoms with Crippen LogP contribution in [0.3, 0.4) is 0 Å². The Hall–Kier alpha value is -6.72. The minimum Gasteiger partial charge on any atom is -0.455 e. The maximum atomic E-state index is 7.54. The van der Waals surface area contributed by atoms with E-state index in [1.165, 1.54) is 11.1 Å². The zero-order chi connectivity index (χ0) is 41.8. The maximum Gasteiger partial charge on any atom is 0.139 e. The smallest absolute Gasteiger partial charge is 0.139 e. The van der Waals surface area contributed by atoms with Crippen molar-refractivity contribution in [3.8, 4) is 78.8 Å². The SMILES string of the molecule is CC(C)(C)c1cc(-c2cc(-c3ccccn3)cc(-c3ccccn3)c2)c2c(c1)C(C)(C)c1cc(C(C)(C)C)cc(-c3cc(-c4ccccn4)cc(-c4ccccn4)c3)c1O2. The quantitative estimate of drug-likeness (QED) is 0.168. The molecule has 9 rings (SSSR count). The molecule has 0 bridgehead atoms. The van der Waals surface area contributed by atoms with Crippen LogP contribution in [0.2, 0.25) is 0 Å². The average molecular weight is 783 g/mol. The van der Waals surface area contributed by atoms with Crippen molar-refractivity contribution >= 4 is 0 Å². The molecule has 1 aliphatic heterocycles. The Morgan fingerprint density at radius 3 is 0.950 bits per heavy atom. The zero-order valence-corrected chi connectivity index (χ0v) is 35.7. The molecule has 0 fully saturated rings. The predicted molar refractivity (Wildman–Crippen MR) is 246 cm³/mol. The molecular formula is C55H50N4O. The summed E-state index contributed by atoms with van der Waals surface area (Å²) in [6.45, 7) is 18.4. The molecule has 5 heteroatoms. The summed E-state index contributed by atoms with van der Waals surface area (Å²) in [7, 11) is 0. The van der Waals surface area contributed by atoms with Crippen molar-refractivity contribution in [3.63, 3.8) is 0 Å². The molecule has 0 N–H and O–H groups in total. The first-order chi connectivity index (χ1) is 28.7. The van der Waals surface area contributed by atoms with E-state index in [0.717, 1.165) is 89.9 Å². The fourth-order valence-electron chi connectivity index (χ4n) is 8.24. The van der Waals surface area contributed by atoms with E-state index < -0.39 is 5.41 Å². The summed E-state index contributed by atoms with van der Waals surface area (Å²) in [6.07, 6.45) is 7.40. The van der Waals surface area contributed by atoms with Crippen molar-refractivity contribution in [2.75, 3.05) is 0 Å². The minimum absolute atomic E-state index is 0.130. The molecule has 296 valence electrons. The van der Waals surface area contributed by atoms with Crippen molar-refractivity contribution in [3.05, 3.63) is 181 Å². The highest BCUT2D eigenvalue weighted by atomic mass is 16.5. The number of pyridine rings is 4. The lowest BCUT2D eigenvalue weighted by Crippen LogP contribution is -2.27. The van der Waals surface area contributed by atoms with Crippen LogP contribution in [0.25, 0.3) is 67.3 Å². The van der Waals surface area contributed by atoms with Crippen LogP contribution in [-0.2, 0) is 16.2 Å². The van der Waals surface area contributed by atoms with Crippen LogP contribution >= 0.6 is 0 Å². The lowest BCUT2D eigenvalue weighted by Gasteiger charge is -2.39. The lowest BCUT2D eigenvalue weighted by atomic mass is 9.70. The fourth-order valence-corrected chi connectivity index (χ4v) is 8.24. The van der Waals surface area contributed by atoms with Gasteiger partial charge in [-0.1, -0.05) is 91.8 Å². The van der Waals surface area contributed by atoms with Gasteiger partial charge in [0.25, 0.3) is 0 Å². The molecule has 4 aromatic carbocycles. The third kappa shape index (κ3) is 7.30. The molecule has 8 aromatic rings. The molecule has 0 radical (unpaired) electrons. The van der Waals surface area contributed by atoms with Crippen molar-refractivity contribution in [1.82, 2.24) is 19.9 Å². The van der Waals surface area contributed by atoms with Crippen LogP contribution in [0.1, 0.15) is 77.6 Å². The zero-order valence-electron chi connectivity index (χ0n) is 35.7. The van der Waals surface area contributed by atoms with Gasteiger partial charge in [-0.25, -0.2) is 0 Å². The van der Waals surface area contributed by atoms with E-state index in [1.807, 2.05) is 73.3 Å². The number of benzene rings is 4. The third-order valence-corrected chi connectivity index (χ3v) is 11.8. The molecule has 0 saturated heterocycles. The number of aromatic nitrogens is 4. The van der Waals surface area contributed by atoms with E-state index >= 15 is 0 Å². The molecule has 0 aliphatic carbocycles. The van der Waals surface area contributed by atoms with Crippen molar-refractivity contribution in [2.24, 2.45) is 0 Å². The summed E-state index contributed by atoms with van der Waals surface area (Å²) in [5, 5.41) is 0. The second-order valence-corrected chi connectivity index (χ2v) is 18.5. The van der Waals surface area contributed by atoms with E-state index in [0.29, 0.717) is 0 Å². The second-order valence-electron chi connectivity index (χ2n) is 18.5. The van der Waals surface area contributed by atoms with Gasteiger partial charge in [0.1, 0.15) is 11.5 Å². The summed E-state index contributed by atoms with van der Waals surface area (Å²) < 4.78 is 7.54. The maximum absolute atomic E-state index is 7.54. The molecule has 5 heterocycles. The first kappa shape index (κ1) is 38.8. The van der Waals surface area contributed by atoms with Gasteiger partial charge in [0.15, 0.2) is 0 Å². The molecular weight excluding hydrogens is 733 g/mol. The number of hydrogen-bond donors (Lipinski definition) is 0. The summed E-state index contributed by atoms with van der Waals surface area (Å²) in [6, 6.07) is 47.1. The Bertz CT molecular complexity index is 2540. The van der Waals surface area contributed by atoms with Gasteiger partial charge in [-0.15, -0.1) is 0 Å². The predicted octanol–water partition coefficient (Wildman–Crippen LogP) is 14.3. The monoisotopic (exact) mass is 782 g/mol. The number of rotatable bonds is 6. The highest BCUT2D eigenvalue weighted by Gasteiger charge is 2.40. The summed E-state index contributed by atoms with van der Waals surface area (Å²) in [5.74, 6) is 1.72. The molecule has 0 spiro atoms. The molecule has 0 amide bonds. The van der Waals surface area contributed by atoms with Crippen LogP contribution in [0.15, 0.2) is 158 Å². The first-order valence-electron chi connectivity index (χ1n) is 20.8. The molecule has 0 unspecified atom stereocenters. The van der Waals surface area contributed by atoms with Crippen molar-refractivity contribution < 1.29 is 4.74 Å². The Morgan fingerprint density at radius 2 is 0.683 bits per heavy atom. The third-order valence-electron chi connectivity index (χ3n) is 11.8. The number of hydrogen-bond acceptors (Lipinski definition) is 5. The minimum atomic E-state index is -0.431. The Morgan fingerprint density at radius 1 is 0.383 bits per heavy atom. The largest absolute Gasteiger partial charge is 0.455 e. The van der Waals surface area contributed by atoms with Crippen molar-refractivity contribution in [1.29, 1.82) is 0 Å². The van der Waals surface area contributed by atoms with Crippen LogP contribution < -0.4 is 4.74 Å². The summed E-state index contributed by atoms with van der Waals surface area (Å²) in [5.41, 5.74) is 15.9. The van der Waals surface area contributed by atoms with Crippen molar-refractivity contribution in [2.45, 2.75) is 71.6 Å². The van der Waals surface area contributed by atoms with Gasteiger partial charge >= 0.3 is 0 Å². The fraction of sp³-hybridized carbons (Fsp3) is 0.200. The van der Waals surface area contributed by atoms with Gasteiger partial charge in [-0.3, -0.25) is 19.9 Å².